The zero-order chi connectivity index (χ0) is 14.1. The molecule has 110 valence electrons. The lowest BCUT2D eigenvalue weighted by Gasteiger charge is -2.37. The smallest absolute Gasteiger partial charge is 0.0707 e. The summed E-state index contributed by atoms with van der Waals surface area (Å²) >= 11 is 0. The van der Waals surface area contributed by atoms with Gasteiger partial charge in [0.05, 0.1) is 12.2 Å². The largest absolute Gasteiger partial charge is 0.372 e. The third-order valence-corrected chi connectivity index (χ3v) is 4.72. The van der Waals surface area contributed by atoms with Crippen LogP contribution >= 0.6 is 0 Å². The minimum atomic E-state index is 0.336. The van der Waals surface area contributed by atoms with Gasteiger partial charge in [0.2, 0.25) is 0 Å². The summed E-state index contributed by atoms with van der Waals surface area (Å²) in [6, 6.07) is 9.34. The number of hydrogen-bond donors (Lipinski definition) is 1. The van der Waals surface area contributed by atoms with Gasteiger partial charge < -0.3 is 10.5 Å². The van der Waals surface area contributed by atoms with Gasteiger partial charge in [-0.05, 0) is 29.9 Å². The topological polar surface area (TPSA) is 38.5 Å². The normalized spacial score (nSPS) is 28.0. The number of morpholine rings is 1. The number of hydrogen-bond acceptors (Lipinski definition) is 3. The number of likely N-dealkylation sites (tertiary alicyclic amines) is 1. The minimum Gasteiger partial charge on any atom is -0.372 e. The van der Waals surface area contributed by atoms with Gasteiger partial charge in [-0.15, -0.1) is 0 Å². The highest BCUT2D eigenvalue weighted by Crippen LogP contribution is 2.31. The van der Waals surface area contributed by atoms with Crippen molar-refractivity contribution < 1.29 is 4.74 Å². The number of ether oxygens (including phenoxy) is 1. The van der Waals surface area contributed by atoms with Crippen molar-refractivity contribution in [3.63, 3.8) is 0 Å². The molecule has 3 rings (SSSR count). The molecule has 1 aromatic carbocycles. The van der Waals surface area contributed by atoms with Crippen LogP contribution < -0.4 is 5.73 Å². The van der Waals surface area contributed by atoms with Crippen LogP contribution in [0.25, 0.3) is 0 Å². The van der Waals surface area contributed by atoms with E-state index >= 15 is 0 Å². The second-order valence-electron chi connectivity index (χ2n) is 6.48. The minimum absolute atomic E-state index is 0.336. The summed E-state index contributed by atoms with van der Waals surface area (Å²) in [5.74, 6) is 0.583. The van der Waals surface area contributed by atoms with Gasteiger partial charge in [0.1, 0.15) is 0 Å². The Bertz CT molecular complexity index is 431. The molecule has 2 bridgehead atoms. The van der Waals surface area contributed by atoms with Crippen LogP contribution in [0.2, 0.25) is 0 Å². The molecule has 2 saturated heterocycles. The molecule has 2 aliphatic heterocycles. The summed E-state index contributed by atoms with van der Waals surface area (Å²) in [5.41, 5.74) is 8.80. The summed E-state index contributed by atoms with van der Waals surface area (Å²) in [4.78, 5) is 2.52. The Balaban J connectivity index is 1.75. The van der Waals surface area contributed by atoms with Crippen LogP contribution in [0.15, 0.2) is 24.3 Å². The Hall–Kier alpha value is -0.900. The first-order valence-electron chi connectivity index (χ1n) is 7.86. The molecule has 0 amide bonds. The first kappa shape index (κ1) is 14.1. The van der Waals surface area contributed by atoms with E-state index in [9.17, 15) is 0 Å². The maximum absolute atomic E-state index is 6.06. The Morgan fingerprint density at radius 3 is 2.15 bits per heavy atom. The summed E-state index contributed by atoms with van der Waals surface area (Å²) in [6.45, 7) is 7.21. The molecule has 0 saturated carbocycles. The third kappa shape index (κ3) is 2.76. The Morgan fingerprint density at radius 1 is 1.10 bits per heavy atom. The van der Waals surface area contributed by atoms with Gasteiger partial charge in [0, 0.05) is 25.7 Å². The number of rotatable bonds is 4. The molecule has 3 nitrogen and oxygen atoms in total. The molecule has 0 aromatic heterocycles. The van der Waals surface area contributed by atoms with E-state index in [1.54, 1.807) is 0 Å². The van der Waals surface area contributed by atoms with Gasteiger partial charge in [0.25, 0.3) is 0 Å². The molecule has 0 spiro atoms. The van der Waals surface area contributed by atoms with E-state index < -0.39 is 0 Å². The molecule has 2 heterocycles. The van der Waals surface area contributed by atoms with Gasteiger partial charge >= 0.3 is 0 Å². The number of nitrogens with two attached hydrogens (primary N) is 1. The van der Waals surface area contributed by atoms with Crippen molar-refractivity contribution in [2.24, 2.45) is 5.73 Å². The highest BCUT2D eigenvalue weighted by Gasteiger charge is 2.36. The van der Waals surface area contributed by atoms with Gasteiger partial charge in [0.15, 0.2) is 0 Å². The van der Waals surface area contributed by atoms with Crippen LogP contribution in [-0.4, -0.2) is 36.7 Å². The molecular formula is C17H26N2O. The maximum atomic E-state index is 6.06. The predicted molar refractivity (Wildman–Crippen MR) is 81.8 cm³/mol. The molecular weight excluding hydrogens is 248 g/mol. The van der Waals surface area contributed by atoms with Crippen LogP contribution in [-0.2, 0) is 4.74 Å². The van der Waals surface area contributed by atoms with Gasteiger partial charge in [-0.1, -0.05) is 38.1 Å². The molecule has 2 aliphatic rings. The molecule has 3 heteroatoms. The van der Waals surface area contributed by atoms with E-state index in [1.807, 2.05) is 0 Å². The molecule has 2 fully saturated rings. The quantitative estimate of drug-likeness (QED) is 0.917. The van der Waals surface area contributed by atoms with Crippen molar-refractivity contribution in [2.45, 2.75) is 50.9 Å². The van der Waals surface area contributed by atoms with Crippen LogP contribution in [0.5, 0.6) is 0 Å². The number of benzene rings is 1. The Kier molecular flexibility index (Phi) is 4.11. The second-order valence-corrected chi connectivity index (χ2v) is 6.48. The van der Waals surface area contributed by atoms with E-state index in [4.69, 9.17) is 10.5 Å². The molecule has 1 aromatic rings. The second kappa shape index (κ2) is 5.84. The van der Waals surface area contributed by atoms with Gasteiger partial charge in [-0.2, -0.15) is 0 Å². The first-order valence-corrected chi connectivity index (χ1v) is 7.86. The van der Waals surface area contributed by atoms with Crippen molar-refractivity contribution in [3.8, 4) is 0 Å². The zero-order valence-corrected chi connectivity index (χ0v) is 12.6. The van der Waals surface area contributed by atoms with Crippen molar-refractivity contribution >= 4 is 0 Å². The van der Waals surface area contributed by atoms with Crippen molar-refractivity contribution in [2.75, 3.05) is 19.6 Å². The fraction of sp³-hybridized carbons (Fsp3) is 0.647. The number of nitrogens with zero attached hydrogens (tertiary/aromatic N) is 1. The van der Waals surface area contributed by atoms with E-state index in [1.165, 1.54) is 24.0 Å². The highest BCUT2D eigenvalue weighted by molar-refractivity contribution is 5.27. The van der Waals surface area contributed by atoms with E-state index in [0.717, 1.165) is 13.1 Å². The number of fused-ring (bicyclic) bond motifs is 2. The lowest BCUT2D eigenvalue weighted by atomic mass is 9.98. The van der Waals surface area contributed by atoms with Crippen LogP contribution in [0.3, 0.4) is 0 Å². The Labute approximate surface area is 122 Å². The van der Waals surface area contributed by atoms with Crippen molar-refractivity contribution in [3.05, 3.63) is 35.4 Å². The molecule has 20 heavy (non-hydrogen) atoms. The highest BCUT2D eigenvalue weighted by atomic mass is 16.5. The molecule has 0 radical (unpaired) electrons. The van der Waals surface area contributed by atoms with Crippen LogP contribution in [0, 0.1) is 0 Å². The van der Waals surface area contributed by atoms with E-state index in [0.29, 0.717) is 30.7 Å². The fourth-order valence-electron chi connectivity index (χ4n) is 3.50. The fourth-order valence-corrected chi connectivity index (χ4v) is 3.50. The zero-order valence-electron chi connectivity index (χ0n) is 12.6. The molecule has 2 N–H and O–H groups in total. The van der Waals surface area contributed by atoms with E-state index in [2.05, 4.69) is 43.0 Å². The average molecular weight is 274 g/mol. The van der Waals surface area contributed by atoms with Crippen LogP contribution in [0.4, 0.5) is 0 Å². The summed E-state index contributed by atoms with van der Waals surface area (Å²) in [6.07, 6.45) is 3.28. The Morgan fingerprint density at radius 2 is 1.65 bits per heavy atom. The van der Waals surface area contributed by atoms with Crippen LogP contribution in [0.1, 0.15) is 49.8 Å². The van der Waals surface area contributed by atoms with Gasteiger partial charge in [-0.3, -0.25) is 4.90 Å². The summed E-state index contributed by atoms with van der Waals surface area (Å²) in [5, 5.41) is 0. The lowest BCUT2D eigenvalue weighted by Crippen LogP contribution is -2.46. The van der Waals surface area contributed by atoms with Crippen molar-refractivity contribution in [1.29, 1.82) is 0 Å². The monoisotopic (exact) mass is 274 g/mol. The maximum Gasteiger partial charge on any atom is 0.0707 e. The molecule has 0 aliphatic carbocycles. The first-order chi connectivity index (χ1) is 9.67. The SMILES string of the molecule is CC(C)c1ccc(C(CN)N2CC3CCC(C2)O3)cc1. The molecule has 3 atom stereocenters. The predicted octanol–water partition coefficient (Wildman–Crippen LogP) is 2.67. The third-order valence-electron chi connectivity index (χ3n) is 4.72. The summed E-state index contributed by atoms with van der Waals surface area (Å²) in [7, 11) is 0. The molecule has 3 unspecified atom stereocenters. The lowest BCUT2D eigenvalue weighted by molar-refractivity contribution is -0.0521. The average Bonchev–Trinajstić information content (AvgIpc) is 2.79. The van der Waals surface area contributed by atoms with Gasteiger partial charge in [-0.25, -0.2) is 0 Å². The van der Waals surface area contributed by atoms with E-state index in [-0.39, 0.29) is 0 Å². The van der Waals surface area contributed by atoms with Crippen molar-refractivity contribution in [1.82, 2.24) is 4.90 Å². The summed E-state index contributed by atoms with van der Waals surface area (Å²) < 4.78 is 5.93. The standard InChI is InChI=1S/C17H26N2O/c1-12(2)13-3-5-14(6-4-13)17(9-18)19-10-15-7-8-16(11-19)20-15/h3-6,12,15-17H,7-11,18H2,1-2H3.